The normalized spacial score (nSPS) is 22.9. The van der Waals surface area contributed by atoms with Gasteiger partial charge < -0.3 is 9.88 Å². The van der Waals surface area contributed by atoms with Gasteiger partial charge in [-0.15, -0.1) is 0 Å². The molecule has 8 nitrogen and oxygen atoms in total. The second kappa shape index (κ2) is 7.70. The first-order valence-corrected chi connectivity index (χ1v) is 9.71. The molecule has 1 saturated carbocycles. The van der Waals surface area contributed by atoms with Gasteiger partial charge in [-0.25, -0.2) is 9.78 Å². The van der Waals surface area contributed by atoms with Crippen molar-refractivity contribution >= 4 is 17.1 Å². The lowest BCUT2D eigenvalue weighted by Gasteiger charge is -2.34. The minimum Gasteiger partial charge on any atom is -0.353 e. The molecule has 0 unspecified atom stereocenters. The lowest BCUT2D eigenvalue weighted by atomic mass is 9.78. The Labute approximate surface area is 158 Å². The van der Waals surface area contributed by atoms with Crippen LogP contribution in [0, 0.1) is 11.8 Å². The summed E-state index contributed by atoms with van der Waals surface area (Å²) in [7, 11) is 3.06. The van der Waals surface area contributed by atoms with Gasteiger partial charge >= 0.3 is 5.69 Å². The number of aromatic nitrogens is 4. The van der Waals surface area contributed by atoms with Gasteiger partial charge in [-0.05, 0) is 24.7 Å². The maximum absolute atomic E-state index is 12.4. The van der Waals surface area contributed by atoms with Crippen LogP contribution >= 0.6 is 0 Å². The van der Waals surface area contributed by atoms with Crippen LogP contribution in [0.2, 0.25) is 0 Å². The lowest BCUT2D eigenvalue weighted by molar-refractivity contribution is -0.122. The van der Waals surface area contributed by atoms with E-state index >= 15 is 0 Å². The Morgan fingerprint density at radius 1 is 1.22 bits per heavy atom. The Balaban J connectivity index is 1.63. The van der Waals surface area contributed by atoms with Crippen molar-refractivity contribution < 1.29 is 4.79 Å². The van der Waals surface area contributed by atoms with Crippen LogP contribution in [-0.2, 0) is 25.4 Å². The van der Waals surface area contributed by atoms with Crippen molar-refractivity contribution in [1.29, 1.82) is 0 Å². The van der Waals surface area contributed by atoms with Crippen molar-refractivity contribution in [3.8, 4) is 0 Å². The maximum atomic E-state index is 12.4. The molecular formula is C19H29N5O3. The number of hydrogen-bond donors (Lipinski definition) is 1. The van der Waals surface area contributed by atoms with E-state index in [0.29, 0.717) is 42.4 Å². The molecule has 1 fully saturated rings. The molecule has 8 heteroatoms. The van der Waals surface area contributed by atoms with E-state index in [0.717, 1.165) is 11.0 Å². The second-order valence-corrected chi connectivity index (χ2v) is 7.86. The van der Waals surface area contributed by atoms with Gasteiger partial charge in [0.15, 0.2) is 11.2 Å². The molecule has 0 spiro atoms. The third-order valence-electron chi connectivity index (χ3n) is 6.07. The molecule has 1 aliphatic rings. The van der Waals surface area contributed by atoms with Gasteiger partial charge in [0.1, 0.15) is 0 Å². The van der Waals surface area contributed by atoms with Gasteiger partial charge in [0.05, 0.1) is 6.33 Å². The largest absolute Gasteiger partial charge is 0.353 e. The molecule has 1 aliphatic carbocycles. The van der Waals surface area contributed by atoms with E-state index in [1.807, 2.05) is 0 Å². The molecule has 2 heterocycles. The monoisotopic (exact) mass is 375 g/mol. The number of rotatable bonds is 5. The quantitative estimate of drug-likeness (QED) is 0.849. The molecule has 3 atom stereocenters. The third-order valence-corrected chi connectivity index (χ3v) is 6.07. The lowest BCUT2D eigenvalue weighted by Crippen LogP contribution is -2.43. The number of nitrogens with zero attached hydrogens (tertiary/aromatic N) is 4. The highest BCUT2D eigenvalue weighted by atomic mass is 16.2. The molecule has 1 amide bonds. The standard InChI is InChI=1S/C19H29N5O3/c1-12-7-5-8-14(13(12)2)21-15(25)9-6-10-24-11-20-17-16(24)18(26)23(4)19(27)22(17)3/h11-14H,5-10H2,1-4H3,(H,21,25)/t12-,13-,14-/m1/s1. The highest BCUT2D eigenvalue weighted by Crippen LogP contribution is 2.29. The predicted octanol–water partition coefficient (Wildman–Crippen LogP) is 1.15. The fraction of sp³-hybridized carbons (Fsp3) is 0.684. The SMILES string of the molecule is C[C@@H]1[C@H](C)CCC[C@H]1NC(=O)CCCn1cnc2c1c(=O)n(C)c(=O)n2C. The van der Waals surface area contributed by atoms with Crippen LogP contribution in [0.15, 0.2) is 15.9 Å². The van der Waals surface area contributed by atoms with E-state index < -0.39 is 5.69 Å². The van der Waals surface area contributed by atoms with Crippen LogP contribution in [0.3, 0.4) is 0 Å². The summed E-state index contributed by atoms with van der Waals surface area (Å²) in [5.74, 6) is 1.21. The predicted molar refractivity (Wildman–Crippen MR) is 104 cm³/mol. The van der Waals surface area contributed by atoms with Gasteiger partial charge in [0, 0.05) is 33.1 Å². The van der Waals surface area contributed by atoms with Crippen LogP contribution in [0.4, 0.5) is 0 Å². The average molecular weight is 375 g/mol. The summed E-state index contributed by atoms with van der Waals surface area (Å²) in [6.45, 7) is 4.97. The zero-order valence-electron chi connectivity index (χ0n) is 16.6. The Morgan fingerprint density at radius 3 is 2.70 bits per heavy atom. The van der Waals surface area contributed by atoms with E-state index in [4.69, 9.17) is 0 Å². The summed E-state index contributed by atoms with van der Waals surface area (Å²) in [4.78, 5) is 40.9. The van der Waals surface area contributed by atoms with E-state index in [-0.39, 0.29) is 17.5 Å². The molecule has 2 aromatic rings. The van der Waals surface area contributed by atoms with E-state index in [1.54, 1.807) is 17.9 Å². The number of carbonyl (C=O) groups excluding carboxylic acids is 1. The van der Waals surface area contributed by atoms with Crippen LogP contribution in [0.25, 0.3) is 11.2 Å². The zero-order valence-corrected chi connectivity index (χ0v) is 16.6. The number of nitrogens with one attached hydrogen (secondary N) is 1. The number of amides is 1. The van der Waals surface area contributed by atoms with Gasteiger partial charge in [-0.3, -0.25) is 18.7 Å². The number of imidazole rings is 1. The fourth-order valence-electron chi connectivity index (χ4n) is 4.04. The third kappa shape index (κ3) is 3.70. The number of fused-ring (bicyclic) bond motifs is 1. The van der Waals surface area contributed by atoms with Crippen molar-refractivity contribution in [2.24, 2.45) is 25.9 Å². The molecule has 0 aliphatic heterocycles. The van der Waals surface area contributed by atoms with Crippen molar-refractivity contribution in [3.05, 3.63) is 27.2 Å². The van der Waals surface area contributed by atoms with Crippen molar-refractivity contribution in [2.75, 3.05) is 0 Å². The van der Waals surface area contributed by atoms with Crippen molar-refractivity contribution in [2.45, 2.75) is 58.5 Å². The van der Waals surface area contributed by atoms with Crippen LogP contribution in [0.5, 0.6) is 0 Å². The van der Waals surface area contributed by atoms with Crippen LogP contribution in [-0.4, -0.2) is 30.6 Å². The molecule has 0 saturated heterocycles. The van der Waals surface area contributed by atoms with Crippen molar-refractivity contribution in [1.82, 2.24) is 24.0 Å². The minimum atomic E-state index is -0.395. The summed E-state index contributed by atoms with van der Waals surface area (Å²) in [5, 5.41) is 3.18. The van der Waals surface area contributed by atoms with E-state index in [9.17, 15) is 14.4 Å². The summed E-state index contributed by atoms with van der Waals surface area (Å²) in [6.07, 6.45) is 6.03. The molecule has 0 radical (unpaired) electrons. The van der Waals surface area contributed by atoms with E-state index in [2.05, 4.69) is 24.1 Å². The average Bonchev–Trinajstić information content (AvgIpc) is 3.06. The number of hydrogen-bond acceptors (Lipinski definition) is 4. The first kappa shape index (κ1) is 19.4. The Bertz CT molecular complexity index is 955. The Kier molecular flexibility index (Phi) is 5.53. The molecule has 2 aromatic heterocycles. The summed E-state index contributed by atoms with van der Waals surface area (Å²) < 4.78 is 4.18. The van der Waals surface area contributed by atoms with Gasteiger partial charge in [0.25, 0.3) is 5.56 Å². The smallest absolute Gasteiger partial charge is 0.332 e. The molecule has 1 N–H and O–H groups in total. The first-order valence-electron chi connectivity index (χ1n) is 9.71. The summed E-state index contributed by atoms with van der Waals surface area (Å²) >= 11 is 0. The summed E-state index contributed by atoms with van der Waals surface area (Å²) in [6, 6.07) is 0.261. The first-order chi connectivity index (χ1) is 12.8. The second-order valence-electron chi connectivity index (χ2n) is 7.86. The van der Waals surface area contributed by atoms with E-state index in [1.165, 1.54) is 24.5 Å². The molecule has 148 valence electrons. The maximum Gasteiger partial charge on any atom is 0.332 e. The van der Waals surface area contributed by atoms with Gasteiger partial charge in [-0.1, -0.05) is 26.7 Å². The minimum absolute atomic E-state index is 0.0608. The highest BCUT2D eigenvalue weighted by Gasteiger charge is 2.27. The van der Waals surface area contributed by atoms with Crippen LogP contribution < -0.4 is 16.6 Å². The number of aryl methyl sites for hydroxylation is 2. The van der Waals surface area contributed by atoms with Gasteiger partial charge in [0.2, 0.25) is 5.91 Å². The topological polar surface area (TPSA) is 90.9 Å². The number of carbonyl (C=O) groups is 1. The fourth-order valence-corrected chi connectivity index (χ4v) is 4.04. The summed E-state index contributed by atoms with van der Waals surface area (Å²) in [5.41, 5.74) is 0.0142. The van der Waals surface area contributed by atoms with Gasteiger partial charge in [-0.2, -0.15) is 0 Å². The zero-order chi connectivity index (χ0) is 19.7. The Morgan fingerprint density at radius 2 is 1.96 bits per heavy atom. The molecule has 3 rings (SSSR count). The molecule has 27 heavy (non-hydrogen) atoms. The molecule has 0 aromatic carbocycles. The van der Waals surface area contributed by atoms with Crippen molar-refractivity contribution in [3.63, 3.8) is 0 Å². The molecule has 0 bridgehead atoms. The highest BCUT2D eigenvalue weighted by molar-refractivity contribution is 5.76. The Hall–Kier alpha value is -2.38. The van der Waals surface area contributed by atoms with Crippen LogP contribution in [0.1, 0.15) is 46.0 Å². The molecular weight excluding hydrogens is 346 g/mol.